The maximum absolute atomic E-state index is 12.4. The first-order valence-corrected chi connectivity index (χ1v) is 10.4. The zero-order chi connectivity index (χ0) is 20.3. The Labute approximate surface area is 171 Å². The number of fused-ring (bicyclic) bond motifs is 1. The van der Waals surface area contributed by atoms with E-state index in [9.17, 15) is 4.79 Å². The van der Waals surface area contributed by atoms with Crippen molar-refractivity contribution in [1.82, 2.24) is 4.98 Å². The minimum atomic E-state index is -0.665. The van der Waals surface area contributed by atoms with Gasteiger partial charge in [-0.05, 0) is 61.2 Å². The molecule has 3 aromatic rings. The van der Waals surface area contributed by atoms with Crippen LogP contribution in [0.2, 0.25) is 0 Å². The van der Waals surface area contributed by atoms with Gasteiger partial charge in [0.15, 0.2) is 0 Å². The van der Waals surface area contributed by atoms with Crippen LogP contribution in [0, 0.1) is 6.92 Å². The quantitative estimate of drug-likeness (QED) is 0.373. The van der Waals surface area contributed by atoms with Crippen LogP contribution in [0.15, 0.2) is 59.8 Å². The molecule has 146 valence electrons. The molecule has 1 aromatic heterocycles. The van der Waals surface area contributed by atoms with E-state index < -0.39 is 4.75 Å². The number of thioether (sulfide) groups is 1. The molecule has 4 heteroatoms. The average Bonchev–Trinajstić information content (AvgIpc) is 2.68. The molecule has 0 spiro atoms. The molecule has 1 unspecified atom stereocenters. The molecule has 3 nitrogen and oxygen atoms in total. The molecule has 1 atom stereocenters. The fourth-order valence-corrected chi connectivity index (χ4v) is 4.62. The van der Waals surface area contributed by atoms with Crippen molar-refractivity contribution < 1.29 is 9.53 Å². The van der Waals surface area contributed by atoms with Crippen molar-refractivity contribution in [3.05, 3.63) is 71.5 Å². The van der Waals surface area contributed by atoms with Crippen molar-refractivity contribution in [2.75, 3.05) is 6.61 Å². The summed E-state index contributed by atoms with van der Waals surface area (Å²) in [6.45, 7) is 10.4. The lowest BCUT2D eigenvalue weighted by atomic mass is 9.89. The minimum Gasteiger partial charge on any atom is -0.465 e. The van der Waals surface area contributed by atoms with Crippen LogP contribution in [0.4, 0.5) is 0 Å². The Morgan fingerprint density at radius 2 is 1.82 bits per heavy atom. The smallest absolute Gasteiger partial charge is 0.321 e. The zero-order valence-corrected chi connectivity index (χ0v) is 18.0. The number of carbonyl (C=O) groups is 1. The molecule has 0 aliphatic rings. The molecule has 0 aliphatic carbocycles. The van der Waals surface area contributed by atoms with Crippen molar-refractivity contribution in [1.29, 1.82) is 0 Å². The van der Waals surface area contributed by atoms with E-state index in [2.05, 4.69) is 55.2 Å². The van der Waals surface area contributed by atoms with Crippen LogP contribution in [0.5, 0.6) is 0 Å². The van der Waals surface area contributed by atoms with Gasteiger partial charge in [-0.3, -0.25) is 9.78 Å². The monoisotopic (exact) mass is 393 g/mol. The zero-order valence-electron chi connectivity index (χ0n) is 17.2. The normalized spacial score (nSPS) is 12.8. The molecular formula is C24H27NO2S. The highest BCUT2D eigenvalue weighted by Gasteiger charge is 2.32. The summed E-state index contributed by atoms with van der Waals surface area (Å²) in [5.41, 5.74) is 3.67. The molecule has 1 heterocycles. The lowest BCUT2D eigenvalue weighted by Crippen LogP contribution is -2.30. The Morgan fingerprint density at radius 1 is 1.11 bits per heavy atom. The molecule has 0 N–H and O–H groups in total. The predicted molar refractivity (Wildman–Crippen MR) is 117 cm³/mol. The van der Waals surface area contributed by atoms with Crippen LogP contribution in [0.25, 0.3) is 10.8 Å². The number of nitrogens with zero attached hydrogens (tertiary/aromatic N) is 1. The number of pyridine rings is 1. The molecule has 0 fully saturated rings. The number of carbonyl (C=O) groups excluding carboxylic acids is 1. The van der Waals surface area contributed by atoms with Crippen LogP contribution in [0.1, 0.15) is 50.3 Å². The van der Waals surface area contributed by atoms with Gasteiger partial charge in [0.05, 0.1) is 6.61 Å². The summed E-state index contributed by atoms with van der Waals surface area (Å²) in [4.78, 5) is 17.8. The molecule has 3 rings (SSSR count). The van der Waals surface area contributed by atoms with Gasteiger partial charge in [0.1, 0.15) is 4.75 Å². The molecule has 2 aromatic carbocycles. The summed E-state index contributed by atoms with van der Waals surface area (Å²) in [5.74, 6) is -0.0455. The van der Waals surface area contributed by atoms with Gasteiger partial charge in [0.25, 0.3) is 0 Å². The molecular weight excluding hydrogens is 366 g/mol. The van der Waals surface area contributed by atoms with Crippen LogP contribution >= 0.6 is 11.8 Å². The summed E-state index contributed by atoms with van der Waals surface area (Å²) in [6.07, 6.45) is 3.70. The van der Waals surface area contributed by atoms with Gasteiger partial charge in [0, 0.05) is 23.2 Å². The topological polar surface area (TPSA) is 39.2 Å². The summed E-state index contributed by atoms with van der Waals surface area (Å²) in [5, 5.41) is 2.54. The number of benzene rings is 2. The van der Waals surface area contributed by atoms with Crippen LogP contribution in [0.3, 0.4) is 0 Å². The fourth-order valence-electron chi connectivity index (χ4n) is 3.45. The van der Waals surface area contributed by atoms with Gasteiger partial charge >= 0.3 is 5.97 Å². The minimum absolute atomic E-state index is 0.152. The van der Waals surface area contributed by atoms with Crippen molar-refractivity contribution in [3.63, 3.8) is 0 Å². The van der Waals surface area contributed by atoms with E-state index in [1.54, 1.807) is 6.20 Å². The molecule has 0 saturated heterocycles. The van der Waals surface area contributed by atoms with Gasteiger partial charge in [-0.25, -0.2) is 0 Å². The summed E-state index contributed by atoms with van der Waals surface area (Å²) in [6, 6.07) is 14.9. The van der Waals surface area contributed by atoms with E-state index in [-0.39, 0.29) is 11.9 Å². The Balaban J connectivity index is 2.02. The van der Waals surface area contributed by atoms with Gasteiger partial charge in [-0.2, -0.15) is 0 Å². The van der Waals surface area contributed by atoms with Gasteiger partial charge in [0.2, 0.25) is 0 Å². The van der Waals surface area contributed by atoms with Gasteiger partial charge < -0.3 is 4.74 Å². The maximum Gasteiger partial charge on any atom is 0.321 e. The predicted octanol–water partition coefficient (Wildman–Crippen LogP) is 6.13. The number of ether oxygens (including phenoxy) is 1. The third-order valence-electron chi connectivity index (χ3n) is 5.05. The lowest BCUT2D eigenvalue weighted by molar-refractivity contribution is -0.145. The third kappa shape index (κ3) is 4.07. The molecule has 0 aliphatic heterocycles. The molecule has 0 bridgehead atoms. The second-order valence-electron chi connectivity index (χ2n) is 7.49. The Hall–Kier alpha value is -2.33. The Morgan fingerprint density at radius 3 is 2.54 bits per heavy atom. The highest BCUT2D eigenvalue weighted by molar-refractivity contribution is 8.01. The highest BCUT2D eigenvalue weighted by Crippen LogP contribution is 2.40. The fraction of sp³-hybridized carbons (Fsp3) is 0.333. The lowest BCUT2D eigenvalue weighted by Gasteiger charge is -2.25. The van der Waals surface area contributed by atoms with E-state index in [0.717, 1.165) is 10.5 Å². The van der Waals surface area contributed by atoms with E-state index in [1.807, 2.05) is 33.0 Å². The summed E-state index contributed by atoms with van der Waals surface area (Å²) in [7, 11) is 0. The van der Waals surface area contributed by atoms with E-state index >= 15 is 0 Å². The van der Waals surface area contributed by atoms with Crippen molar-refractivity contribution in [3.8, 4) is 0 Å². The first-order chi connectivity index (χ1) is 13.3. The van der Waals surface area contributed by atoms with Crippen LogP contribution in [-0.2, 0) is 9.53 Å². The Bertz CT molecular complexity index is 997. The first kappa shape index (κ1) is 20.4. The maximum atomic E-state index is 12.4. The number of esters is 1. The third-order valence-corrected chi connectivity index (χ3v) is 6.32. The molecule has 28 heavy (non-hydrogen) atoms. The number of aryl methyl sites for hydroxylation is 1. The van der Waals surface area contributed by atoms with Crippen LogP contribution in [-0.4, -0.2) is 22.3 Å². The average molecular weight is 394 g/mol. The Kier molecular flexibility index (Phi) is 6.09. The summed E-state index contributed by atoms with van der Waals surface area (Å²) < 4.78 is 4.59. The second-order valence-corrected chi connectivity index (χ2v) is 9.15. The van der Waals surface area contributed by atoms with Crippen molar-refractivity contribution in [2.45, 2.75) is 50.2 Å². The SMILES string of the molecule is CCOC(=O)C(C)(C)Sc1ccncc1C(C)c1ccc(C)c2ccccc12. The number of aromatic nitrogens is 1. The van der Waals surface area contributed by atoms with Crippen molar-refractivity contribution in [2.24, 2.45) is 0 Å². The standard InChI is InChI=1S/C24H27NO2S/c1-6-27-23(26)24(4,5)28-22-13-14-25-15-21(22)17(3)19-12-11-16(2)18-9-7-8-10-20(18)19/h7-15,17H,6H2,1-5H3. The van der Waals surface area contributed by atoms with Crippen LogP contribution < -0.4 is 0 Å². The molecule has 0 radical (unpaired) electrons. The largest absolute Gasteiger partial charge is 0.465 e. The number of rotatable bonds is 6. The molecule has 0 amide bonds. The molecule has 0 saturated carbocycles. The highest BCUT2D eigenvalue weighted by atomic mass is 32.2. The summed E-state index contributed by atoms with van der Waals surface area (Å²) >= 11 is 1.54. The van der Waals surface area contributed by atoms with Gasteiger partial charge in [-0.1, -0.05) is 43.3 Å². The second kappa shape index (κ2) is 8.36. The van der Waals surface area contributed by atoms with E-state index in [1.165, 1.54) is 33.7 Å². The van der Waals surface area contributed by atoms with E-state index in [4.69, 9.17) is 4.74 Å². The van der Waals surface area contributed by atoms with Crippen molar-refractivity contribution >= 4 is 28.5 Å². The van der Waals surface area contributed by atoms with E-state index in [0.29, 0.717) is 6.61 Å². The first-order valence-electron chi connectivity index (χ1n) is 9.63. The van der Waals surface area contributed by atoms with Gasteiger partial charge in [-0.15, -0.1) is 11.8 Å². The number of hydrogen-bond acceptors (Lipinski definition) is 4. The number of hydrogen-bond donors (Lipinski definition) is 0.